The van der Waals surface area contributed by atoms with Crippen LogP contribution >= 0.6 is 0 Å². The number of ether oxygens (including phenoxy) is 3. The van der Waals surface area contributed by atoms with Crippen LogP contribution in [0, 0.1) is 0 Å². The van der Waals surface area contributed by atoms with Gasteiger partial charge in [0.15, 0.2) is 11.9 Å². The van der Waals surface area contributed by atoms with Crippen molar-refractivity contribution in [3.63, 3.8) is 0 Å². The molecule has 2 aliphatic heterocycles. The first-order valence-corrected chi connectivity index (χ1v) is 11.4. The minimum Gasteiger partial charge on any atom is -0.507 e. The van der Waals surface area contributed by atoms with Crippen LogP contribution < -0.4 is 9.47 Å². The monoisotopic (exact) mass is 472 g/mol. The van der Waals surface area contributed by atoms with E-state index in [9.17, 15) is 19.8 Å². The summed E-state index contributed by atoms with van der Waals surface area (Å²) in [6.07, 6.45) is 0.0172. The van der Waals surface area contributed by atoms with E-state index in [2.05, 4.69) is 0 Å². The third kappa shape index (κ3) is 4.76. The molecule has 3 aromatic rings. The van der Waals surface area contributed by atoms with Crippen molar-refractivity contribution < 1.29 is 34.0 Å². The Kier molecular flexibility index (Phi) is 6.25. The highest BCUT2D eigenvalue weighted by Crippen LogP contribution is 2.43. The molecular weight excluding hydrogens is 448 g/mol. The molecule has 0 radical (unpaired) electrons. The van der Waals surface area contributed by atoms with Gasteiger partial charge in [0.25, 0.3) is 0 Å². The number of phenolic OH excluding ortho intramolecular Hbond substituents is 1. The number of benzene rings is 3. The number of fused-ring (bicyclic) bond motifs is 1. The van der Waals surface area contributed by atoms with Crippen LogP contribution in [0.4, 0.5) is 0 Å². The van der Waals surface area contributed by atoms with Gasteiger partial charge in [-0.05, 0) is 11.1 Å². The van der Waals surface area contributed by atoms with E-state index in [0.717, 1.165) is 5.56 Å². The summed E-state index contributed by atoms with van der Waals surface area (Å²) in [5, 5.41) is 21.8. The van der Waals surface area contributed by atoms with E-state index in [1.807, 2.05) is 48.5 Å². The van der Waals surface area contributed by atoms with Crippen molar-refractivity contribution in [2.24, 2.45) is 0 Å². The van der Waals surface area contributed by atoms with Gasteiger partial charge < -0.3 is 24.4 Å². The molecule has 4 atom stereocenters. The van der Waals surface area contributed by atoms with Gasteiger partial charge >= 0.3 is 5.97 Å². The SMILES string of the molecule is O=C1C=CCC(C(O)C(Oc2cc(O)c3c(c2)OC(c2ccccc2)CC3=O)c2ccccc2)O1. The molecule has 178 valence electrons. The number of carbonyl (C=O) groups excluding carboxylic acids is 2. The van der Waals surface area contributed by atoms with Gasteiger partial charge in [0.2, 0.25) is 0 Å². The van der Waals surface area contributed by atoms with Crippen LogP contribution in [0.2, 0.25) is 0 Å². The van der Waals surface area contributed by atoms with Crippen LogP contribution in [0.25, 0.3) is 0 Å². The number of aliphatic hydroxyl groups excluding tert-OH is 1. The molecule has 0 aliphatic carbocycles. The standard InChI is InChI=1S/C28H24O7/c29-20-14-19(15-24-26(20)21(30)16-23(34-24)17-8-3-1-4-9-17)33-28(18-10-5-2-6-11-18)27(32)22-12-7-13-25(31)35-22/h1-11,13-15,22-23,27-29,32H,12,16H2. The first-order valence-electron chi connectivity index (χ1n) is 11.4. The second kappa shape index (κ2) is 9.64. The second-order valence-electron chi connectivity index (χ2n) is 8.51. The molecule has 35 heavy (non-hydrogen) atoms. The molecule has 3 aromatic carbocycles. The summed E-state index contributed by atoms with van der Waals surface area (Å²) in [7, 11) is 0. The number of aliphatic hydroxyl groups is 1. The predicted octanol–water partition coefficient (Wildman–Crippen LogP) is 4.45. The molecule has 4 unspecified atom stereocenters. The van der Waals surface area contributed by atoms with Crippen LogP contribution in [0.5, 0.6) is 17.2 Å². The lowest BCUT2D eigenvalue weighted by Gasteiger charge is -2.31. The maximum atomic E-state index is 12.8. The van der Waals surface area contributed by atoms with Gasteiger partial charge in [-0.1, -0.05) is 66.7 Å². The fourth-order valence-electron chi connectivity index (χ4n) is 4.40. The molecule has 2 heterocycles. The highest BCUT2D eigenvalue weighted by atomic mass is 16.6. The summed E-state index contributed by atoms with van der Waals surface area (Å²) in [6.45, 7) is 0. The first kappa shape index (κ1) is 22.7. The number of rotatable bonds is 6. The zero-order valence-corrected chi connectivity index (χ0v) is 18.7. The van der Waals surface area contributed by atoms with Gasteiger partial charge in [-0.2, -0.15) is 0 Å². The Bertz CT molecular complexity index is 1250. The lowest BCUT2D eigenvalue weighted by molar-refractivity contribution is -0.154. The molecule has 5 rings (SSSR count). The van der Waals surface area contributed by atoms with E-state index in [1.54, 1.807) is 18.2 Å². The van der Waals surface area contributed by atoms with Crippen LogP contribution in [-0.4, -0.2) is 34.2 Å². The smallest absolute Gasteiger partial charge is 0.330 e. The zero-order valence-electron chi connectivity index (χ0n) is 18.7. The Morgan fingerprint density at radius 1 is 0.943 bits per heavy atom. The van der Waals surface area contributed by atoms with Gasteiger partial charge in [-0.3, -0.25) is 4.79 Å². The average molecular weight is 472 g/mol. The molecule has 0 fully saturated rings. The molecule has 2 aliphatic rings. The van der Waals surface area contributed by atoms with Gasteiger partial charge in [-0.15, -0.1) is 0 Å². The molecule has 7 heteroatoms. The van der Waals surface area contributed by atoms with Crippen LogP contribution in [0.15, 0.2) is 84.9 Å². The van der Waals surface area contributed by atoms with Crippen molar-refractivity contribution in [2.75, 3.05) is 0 Å². The number of carbonyl (C=O) groups is 2. The number of hydrogen-bond donors (Lipinski definition) is 2. The minimum atomic E-state index is -1.19. The number of hydrogen-bond acceptors (Lipinski definition) is 7. The van der Waals surface area contributed by atoms with E-state index < -0.39 is 30.4 Å². The lowest BCUT2D eigenvalue weighted by atomic mass is 9.95. The maximum absolute atomic E-state index is 12.8. The molecule has 0 amide bonds. The minimum absolute atomic E-state index is 0.104. The van der Waals surface area contributed by atoms with Crippen molar-refractivity contribution >= 4 is 11.8 Å². The summed E-state index contributed by atoms with van der Waals surface area (Å²) in [5.74, 6) is -0.615. The molecule has 0 aromatic heterocycles. The van der Waals surface area contributed by atoms with E-state index in [0.29, 0.717) is 12.0 Å². The van der Waals surface area contributed by atoms with Crippen molar-refractivity contribution in [3.05, 3.63) is 102 Å². The fraction of sp³-hybridized carbons (Fsp3) is 0.214. The molecule has 0 spiro atoms. The maximum Gasteiger partial charge on any atom is 0.330 e. The summed E-state index contributed by atoms with van der Waals surface area (Å²) >= 11 is 0. The number of cyclic esters (lactones) is 1. The number of aromatic hydroxyl groups is 1. The van der Waals surface area contributed by atoms with E-state index in [-0.39, 0.29) is 35.0 Å². The van der Waals surface area contributed by atoms with Gasteiger partial charge in [0.1, 0.15) is 41.1 Å². The summed E-state index contributed by atoms with van der Waals surface area (Å²) < 4.78 is 17.5. The van der Waals surface area contributed by atoms with Crippen molar-refractivity contribution in [1.82, 2.24) is 0 Å². The van der Waals surface area contributed by atoms with Crippen LogP contribution in [-0.2, 0) is 9.53 Å². The molecule has 7 nitrogen and oxygen atoms in total. The fourth-order valence-corrected chi connectivity index (χ4v) is 4.40. The Balaban J connectivity index is 1.46. The summed E-state index contributed by atoms with van der Waals surface area (Å²) in [6, 6.07) is 21.3. The predicted molar refractivity (Wildman–Crippen MR) is 126 cm³/mol. The van der Waals surface area contributed by atoms with Crippen molar-refractivity contribution in [2.45, 2.75) is 37.3 Å². The Morgan fingerprint density at radius 3 is 2.37 bits per heavy atom. The third-order valence-electron chi connectivity index (χ3n) is 6.12. The molecule has 2 N–H and O–H groups in total. The molecule has 0 saturated heterocycles. The van der Waals surface area contributed by atoms with E-state index in [1.165, 1.54) is 18.2 Å². The summed E-state index contributed by atoms with van der Waals surface area (Å²) in [5.41, 5.74) is 1.61. The lowest BCUT2D eigenvalue weighted by Crippen LogP contribution is -2.39. The molecule has 0 bridgehead atoms. The first-order chi connectivity index (χ1) is 17.0. The third-order valence-corrected chi connectivity index (χ3v) is 6.12. The number of phenols is 1. The Hall–Kier alpha value is -4.10. The normalized spacial score (nSPS) is 20.8. The van der Waals surface area contributed by atoms with Crippen LogP contribution in [0.1, 0.15) is 46.5 Å². The van der Waals surface area contributed by atoms with Crippen molar-refractivity contribution in [3.8, 4) is 17.2 Å². The van der Waals surface area contributed by atoms with E-state index in [4.69, 9.17) is 14.2 Å². The largest absolute Gasteiger partial charge is 0.507 e. The summed E-state index contributed by atoms with van der Waals surface area (Å²) in [4.78, 5) is 24.6. The Morgan fingerprint density at radius 2 is 1.66 bits per heavy atom. The average Bonchev–Trinajstić information content (AvgIpc) is 2.87. The van der Waals surface area contributed by atoms with E-state index >= 15 is 0 Å². The van der Waals surface area contributed by atoms with Gasteiger partial charge in [-0.25, -0.2) is 4.79 Å². The molecule has 0 saturated carbocycles. The Labute approximate surface area is 202 Å². The topological polar surface area (TPSA) is 102 Å². The number of ketones is 1. The van der Waals surface area contributed by atoms with Crippen molar-refractivity contribution in [1.29, 1.82) is 0 Å². The highest BCUT2D eigenvalue weighted by molar-refractivity contribution is 6.02. The number of esters is 1. The number of Topliss-reactive ketones (excluding diaryl/α,β-unsaturated/α-hetero) is 1. The van der Waals surface area contributed by atoms with Gasteiger partial charge in [0, 0.05) is 24.6 Å². The second-order valence-corrected chi connectivity index (χ2v) is 8.51. The molecular formula is C28H24O7. The van der Waals surface area contributed by atoms with Crippen LogP contribution in [0.3, 0.4) is 0 Å². The van der Waals surface area contributed by atoms with Gasteiger partial charge in [0.05, 0.1) is 6.42 Å². The zero-order chi connectivity index (χ0) is 24.4. The quantitative estimate of drug-likeness (QED) is 0.511. The highest BCUT2D eigenvalue weighted by Gasteiger charge is 2.35.